The fourth-order valence-electron chi connectivity index (χ4n) is 2.99. The van der Waals surface area contributed by atoms with E-state index in [-0.39, 0.29) is 18.4 Å². The Bertz CT molecular complexity index is 616. The molecule has 0 aliphatic carbocycles. The van der Waals surface area contributed by atoms with Gasteiger partial charge in [-0.3, -0.25) is 0 Å². The van der Waals surface area contributed by atoms with Crippen LogP contribution in [0.5, 0.6) is 0 Å². The normalized spacial score (nSPS) is 11.2. The molecule has 0 aliphatic rings. The predicted molar refractivity (Wildman–Crippen MR) is 127 cm³/mol. The molecule has 2 aromatic carbocycles. The van der Waals surface area contributed by atoms with Crippen LogP contribution in [0.1, 0.15) is 67.0 Å². The number of halogens is 1. The second-order valence-corrected chi connectivity index (χ2v) is 7.01. The zero-order valence-electron chi connectivity index (χ0n) is 18.3. The van der Waals surface area contributed by atoms with Crippen LogP contribution in [0.2, 0.25) is 0 Å². The van der Waals surface area contributed by atoms with Crippen molar-refractivity contribution in [1.82, 2.24) is 0 Å². The van der Waals surface area contributed by atoms with Gasteiger partial charge in [0.1, 0.15) is 23.0 Å². The van der Waals surface area contributed by atoms with Crippen molar-refractivity contribution < 1.29 is 8.17 Å². The standard InChI is InChI=1S/C20H25IO2.2C2H6/c1-13-5-7-17(9-15(13)3)20(19(11-22)12-23-21)18-8-6-14(2)16(4)10-18;2*1-2/h5-10,19-20,22H,11-12H2,1-4H3;2*1-2H3. The highest BCUT2D eigenvalue weighted by Gasteiger charge is 2.25. The first-order chi connectivity index (χ1) is 13.0. The molecule has 1 unspecified atom stereocenters. The minimum absolute atomic E-state index is 0.0381. The first kappa shape index (κ1) is 26.1. The molecule has 0 amide bonds. The maximum absolute atomic E-state index is 9.91. The molecular weight excluding hydrogens is 447 g/mol. The van der Waals surface area contributed by atoms with Gasteiger partial charge < -0.3 is 8.17 Å². The highest BCUT2D eigenvalue weighted by Crippen LogP contribution is 2.34. The van der Waals surface area contributed by atoms with Crippen LogP contribution < -0.4 is 0 Å². The largest absolute Gasteiger partial charge is 0.396 e. The molecule has 0 heterocycles. The minimum atomic E-state index is 0.0381. The van der Waals surface area contributed by atoms with Gasteiger partial charge in [-0.1, -0.05) is 64.1 Å². The lowest BCUT2D eigenvalue weighted by atomic mass is 9.80. The van der Waals surface area contributed by atoms with Crippen LogP contribution in [-0.2, 0) is 3.07 Å². The van der Waals surface area contributed by atoms with Gasteiger partial charge in [-0.05, 0) is 61.1 Å². The Balaban J connectivity index is 0.00000158. The summed E-state index contributed by atoms with van der Waals surface area (Å²) in [6.45, 7) is 17.2. The van der Waals surface area contributed by atoms with Gasteiger partial charge in [-0.15, -0.1) is 0 Å². The van der Waals surface area contributed by atoms with Crippen molar-refractivity contribution in [2.75, 3.05) is 13.2 Å². The maximum Gasteiger partial charge on any atom is 0.109 e. The SMILES string of the molecule is CC.CC.Cc1ccc(C(c2ccc(C)c(C)c2)C(CO)COI)cc1C. The van der Waals surface area contributed by atoms with Gasteiger partial charge in [0.05, 0.1) is 6.61 Å². The van der Waals surface area contributed by atoms with Gasteiger partial charge in [-0.25, -0.2) is 0 Å². The molecule has 0 saturated carbocycles. The quantitative estimate of drug-likeness (QED) is 0.444. The average Bonchev–Trinajstić information content (AvgIpc) is 2.70. The number of rotatable bonds is 6. The lowest BCUT2D eigenvalue weighted by Crippen LogP contribution is -2.22. The highest BCUT2D eigenvalue weighted by molar-refractivity contribution is 14.1. The molecule has 1 atom stereocenters. The van der Waals surface area contributed by atoms with Gasteiger partial charge in [0.15, 0.2) is 0 Å². The summed E-state index contributed by atoms with van der Waals surface area (Å²) in [4.78, 5) is 0. The molecule has 3 heteroatoms. The molecule has 27 heavy (non-hydrogen) atoms. The molecule has 0 radical (unpaired) electrons. The van der Waals surface area contributed by atoms with Gasteiger partial charge in [0.2, 0.25) is 0 Å². The summed E-state index contributed by atoms with van der Waals surface area (Å²) in [6, 6.07) is 13.2. The van der Waals surface area contributed by atoms with E-state index in [1.165, 1.54) is 33.4 Å². The molecule has 0 aliphatic heterocycles. The Hall–Kier alpha value is -0.910. The second-order valence-electron chi connectivity index (χ2n) is 6.38. The minimum Gasteiger partial charge on any atom is -0.396 e. The first-order valence-corrected chi connectivity index (χ1v) is 10.8. The fourth-order valence-corrected chi connectivity index (χ4v) is 3.45. The monoisotopic (exact) mass is 484 g/mol. The van der Waals surface area contributed by atoms with E-state index < -0.39 is 0 Å². The van der Waals surface area contributed by atoms with E-state index in [0.717, 1.165) is 0 Å². The molecule has 2 aromatic rings. The summed E-state index contributed by atoms with van der Waals surface area (Å²) in [7, 11) is 0. The number of hydrogen-bond donors (Lipinski definition) is 1. The lowest BCUT2D eigenvalue weighted by molar-refractivity contribution is 0.174. The summed E-state index contributed by atoms with van der Waals surface area (Å²) in [5, 5.41) is 9.91. The average molecular weight is 484 g/mol. The molecule has 0 saturated heterocycles. The number of benzene rings is 2. The summed E-state index contributed by atoms with van der Waals surface area (Å²) in [6.07, 6.45) is 0. The molecule has 2 nitrogen and oxygen atoms in total. The van der Waals surface area contributed by atoms with Crippen molar-refractivity contribution >= 4 is 23.0 Å². The summed E-state index contributed by atoms with van der Waals surface area (Å²) in [5.74, 6) is 0.171. The summed E-state index contributed by atoms with van der Waals surface area (Å²) in [5.41, 5.74) is 7.62. The zero-order valence-corrected chi connectivity index (χ0v) is 20.4. The summed E-state index contributed by atoms with van der Waals surface area (Å²) >= 11 is 1.91. The molecule has 2 rings (SSSR count). The number of aliphatic hydroxyl groups excluding tert-OH is 1. The molecule has 1 N–H and O–H groups in total. The van der Waals surface area contributed by atoms with E-state index in [2.05, 4.69) is 64.1 Å². The van der Waals surface area contributed by atoms with Crippen molar-refractivity contribution in [3.63, 3.8) is 0 Å². The van der Waals surface area contributed by atoms with Crippen LogP contribution in [0.3, 0.4) is 0 Å². The third-order valence-corrected chi connectivity index (χ3v) is 5.12. The van der Waals surface area contributed by atoms with Gasteiger partial charge in [0.25, 0.3) is 0 Å². The van der Waals surface area contributed by atoms with E-state index in [4.69, 9.17) is 3.07 Å². The van der Waals surface area contributed by atoms with E-state index in [1.54, 1.807) is 0 Å². The van der Waals surface area contributed by atoms with Gasteiger partial charge >= 0.3 is 0 Å². The third kappa shape index (κ3) is 7.55. The van der Waals surface area contributed by atoms with Crippen LogP contribution in [0.15, 0.2) is 36.4 Å². The van der Waals surface area contributed by atoms with Crippen molar-refractivity contribution in [3.8, 4) is 0 Å². The van der Waals surface area contributed by atoms with Crippen molar-refractivity contribution in [3.05, 3.63) is 69.8 Å². The van der Waals surface area contributed by atoms with E-state index in [0.29, 0.717) is 6.61 Å². The van der Waals surface area contributed by atoms with Crippen molar-refractivity contribution in [2.24, 2.45) is 5.92 Å². The molecule has 0 spiro atoms. The Morgan fingerprint density at radius 3 is 1.48 bits per heavy atom. The summed E-state index contributed by atoms with van der Waals surface area (Å²) < 4.78 is 5.34. The smallest absolute Gasteiger partial charge is 0.109 e. The molecule has 152 valence electrons. The topological polar surface area (TPSA) is 29.5 Å². The van der Waals surface area contributed by atoms with Gasteiger partial charge in [-0.2, -0.15) is 0 Å². The van der Waals surface area contributed by atoms with E-state index >= 15 is 0 Å². The highest BCUT2D eigenvalue weighted by atomic mass is 127. The number of hydrogen-bond acceptors (Lipinski definition) is 2. The Morgan fingerprint density at radius 2 is 1.19 bits per heavy atom. The Morgan fingerprint density at radius 1 is 0.778 bits per heavy atom. The predicted octanol–water partition coefficient (Wildman–Crippen LogP) is 7.08. The zero-order chi connectivity index (χ0) is 21.0. The second kappa shape index (κ2) is 14.1. The number of aliphatic hydroxyl groups is 1. The van der Waals surface area contributed by atoms with Crippen LogP contribution >= 0.6 is 23.0 Å². The number of aryl methyl sites for hydroxylation is 4. The van der Waals surface area contributed by atoms with Crippen LogP contribution in [0, 0.1) is 33.6 Å². The maximum atomic E-state index is 9.91. The van der Waals surface area contributed by atoms with Crippen LogP contribution in [-0.4, -0.2) is 18.3 Å². The van der Waals surface area contributed by atoms with Crippen LogP contribution in [0.25, 0.3) is 0 Å². The Labute approximate surface area is 181 Å². The van der Waals surface area contributed by atoms with E-state index in [9.17, 15) is 5.11 Å². The van der Waals surface area contributed by atoms with E-state index in [1.807, 2.05) is 50.7 Å². The Kier molecular flexibility index (Phi) is 13.7. The molecule has 0 bridgehead atoms. The molecule has 0 fully saturated rings. The first-order valence-electron chi connectivity index (χ1n) is 9.96. The van der Waals surface area contributed by atoms with Crippen molar-refractivity contribution in [1.29, 1.82) is 0 Å². The fraction of sp³-hybridized carbons (Fsp3) is 0.500. The van der Waals surface area contributed by atoms with Gasteiger partial charge in [0, 0.05) is 18.4 Å². The lowest BCUT2D eigenvalue weighted by Gasteiger charge is -2.27. The van der Waals surface area contributed by atoms with Crippen molar-refractivity contribution in [2.45, 2.75) is 61.3 Å². The van der Waals surface area contributed by atoms with Crippen LogP contribution in [0.4, 0.5) is 0 Å². The third-order valence-electron chi connectivity index (χ3n) is 4.76. The molecular formula is C24H37IO2. The molecule has 0 aromatic heterocycles.